The van der Waals surface area contributed by atoms with Gasteiger partial charge in [-0.2, -0.15) is 0 Å². The molecule has 0 aromatic rings. The zero-order chi connectivity index (χ0) is 11.5. The molecule has 1 heterocycles. The predicted octanol–water partition coefficient (Wildman–Crippen LogP) is 1.00. The summed E-state index contributed by atoms with van der Waals surface area (Å²) < 4.78 is 10.6. The van der Waals surface area contributed by atoms with E-state index in [0.717, 1.165) is 0 Å². The van der Waals surface area contributed by atoms with Crippen LogP contribution in [0.25, 0.3) is 0 Å². The minimum Gasteiger partial charge on any atom is -0.444 e. The maximum atomic E-state index is 11.7. The Morgan fingerprint density at radius 3 is 2.69 bits per heavy atom. The highest BCUT2D eigenvalue weighted by atomic mass is 35.5. The van der Waals surface area contributed by atoms with Gasteiger partial charge in [-0.1, -0.05) is 0 Å². The lowest BCUT2D eigenvalue weighted by molar-refractivity contribution is -0.0384. The van der Waals surface area contributed by atoms with Gasteiger partial charge in [-0.3, -0.25) is 0 Å². The Hall–Kier alpha value is -0.520. The molecule has 2 N–H and O–H groups in total. The SMILES string of the molecule is CC(C)(C)OC(=O)N1CCOC(CN)C1.Cl. The Morgan fingerprint density at radius 1 is 1.56 bits per heavy atom. The summed E-state index contributed by atoms with van der Waals surface area (Å²) in [5, 5.41) is 0. The first-order chi connectivity index (χ1) is 6.92. The van der Waals surface area contributed by atoms with E-state index in [-0.39, 0.29) is 24.6 Å². The van der Waals surface area contributed by atoms with E-state index in [1.807, 2.05) is 20.8 Å². The van der Waals surface area contributed by atoms with E-state index in [1.54, 1.807) is 4.90 Å². The Bertz CT molecular complexity index is 231. The number of ether oxygens (including phenoxy) is 2. The van der Waals surface area contributed by atoms with Gasteiger partial charge in [-0.15, -0.1) is 12.4 Å². The van der Waals surface area contributed by atoms with Crippen LogP contribution in [0.15, 0.2) is 0 Å². The number of hydrogen-bond acceptors (Lipinski definition) is 4. The van der Waals surface area contributed by atoms with Gasteiger partial charge >= 0.3 is 6.09 Å². The lowest BCUT2D eigenvalue weighted by Gasteiger charge is -2.33. The van der Waals surface area contributed by atoms with Gasteiger partial charge in [0.25, 0.3) is 0 Å². The van der Waals surface area contributed by atoms with Crippen LogP contribution >= 0.6 is 12.4 Å². The second kappa shape index (κ2) is 6.27. The molecule has 0 aromatic carbocycles. The molecule has 6 heteroatoms. The van der Waals surface area contributed by atoms with Crippen molar-refractivity contribution in [3.05, 3.63) is 0 Å². The van der Waals surface area contributed by atoms with E-state index in [4.69, 9.17) is 15.2 Å². The van der Waals surface area contributed by atoms with Crippen LogP contribution in [0.2, 0.25) is 0 Å². The van der Waals surface area contributed by atoms with E-state index < -0.39 is 5.60 Å². The van der Waals surface area contributed by atoms with Crippen LogP contribution in [-0.2, 0) is 9.47 Å². The van der Waals surface area contributed by atoms with E-state index in [1.165, 1.54) is 0 Å². The molecule has 0 saturated carbocycles. The number of carbonyl (C=O) groups excluding carboxylic acids is 1. The van der Waals surface area contributed by atoms with Crippen LogP contribution in [0.4, 0.5) is 4.79 Å². The Labute approximate surface area is 103 Å². The largest absolute Gasteiger partial charge is 0.444 e. The van der Waals surface area contributed by atoms with Crippen molar-refractivity contribution in [1.29, 1.82) is 0 Å². The van der Waals surface area contributed by atoms with Crippen molar-refractivity contribution < 1.29 is 14.3 Å². The summed E-state index contributed by atoms with van der Waals surface area (Å²) in [4.78, 5) is 13.3. The van der Waals surface area contributed by atoms with Crippen molar-refractivity contribution in [3.8, 4) is 0 Å². The van der Waals surface area contributed by atoms with Crippen molar-refractivity contribution in [1.82, 2.24) is 4.90 Å². The Kier molecular flexibility index (Phi) is 6.07. The first kappa shape index (κ1) is 15.5. The van der Waals surface area contributed by atoms with Crippen molar-refractivity contribution in [3.63, 3.8) is 0 Å². The number of halogens is 1. The van der Waals surface area contributed by atoms with E-state index >= 15 is 0 Å². The van der Waals surface area contributed by atoms with E-state index in [2.05, 4.69) is 0 Å². The molecular formula is C10H21ClN2O3. The molecule has 5 nitrogen and oxygen atoms in total. The number of nitrogens with two attached hydrogens (primary N) is 1. The molecule has 1 unspecified atom stereocenters. The molecule has 1 fully saturated rings. The quantitative estimate of drug-likeness (QED) is 0.756. The number of amides is 1. The normalized spacial score (nSPS) is 21.2. The van der Waals surface area contributed by atoms with Gasteiger partial charge < -0.3 is 20.1 Å². The van der Waals surface area contributed by atoms with Crippen molar-refractivity contribution >= 4 is 18.5 Å². The Morgan fingerprint density at radius 2 is 2.19 bits per heavy atom. The smallest absolute Gasteiger partial charge is 0.410 e. The van der Waals surface area contributed by atoms with Crippen LogP contribution in [0, 0.1) is 0 Å². The number of morpholine rings is 1. The van der Waals surface area contributed by atoms with Crippen LogP contribution in [-0.4, -0.2) is 48.9 Å². The monoisotopic (exact) mass is 252 g/mol. The minimum atomic E-state index is -0.451. The second-order valence-electron chi connectivity index (χ2n) is 4.65. The van der Waals surface area contributed by atoms with Gasteiger partial charge in [0.2, 0.25) is 0 Å². The molecule has 0 radical (unpaired) electrons. The molecule has 1 rings (SSSR count). The topological polar surface area (TPSA) is 64.8 Å². The standard InChI is InChI=1S/C10H20N2O3.ClH/c1-10(2,3)15-9(13)12-4-5-14-8(6-11)7-12;/h8H,4-7,11H2,1-3H3;1H. The molecule has 0 aliphatic carbocycles. The van der Waals surface area contributed by atoms with Gasteiger partial charge in [-0.25, -0.2) is 4.79 Å². The third kappa shape index (κ3) is 5.01. The zero-order valence-corrected chi connectivity index (χ0v) is 10.9. The third-order valence-corrected chi connectivity index (χ3v) is 2.05. The van der Waals surface area contributed by atoms with E-state index in [0.29, 0.717) is 26.2 Å². The molecule has 1 saturated heterocycles. The van der Waals surface area contributed by atoms with Crippen molar-refractivity contribution in [2.45, 2.75) is 32.5 Å². The molecule has 1 aliphatic rings. The first-order valence-electron chi connectivity index (χ1n) is 5.22. The van der Waals surface area contributed by atoms with E-state index in [9.17, 15) is 4.79 Å². The van der Waals surface area contributed by atoms with Gasteiger partial charge in [0.05, 0.1) is 19.3 Å². The molecular weight excluding hydrogens is 232 g/mol. The van der Waals surface area contributed by atoms with Crippen LogP contribution < -0.4 is 5.73 Å². The number of hydrogen-bond donors (Lipinski definition) is 1. The molecule has 1 amide bonds. The third-order valence-electron chi connectivity index (χ3n) is 2.05. The first-order valence-corrected chi connectivity index (χ1v) is 5.22. The average Bonchev–Trinajstić information content (AvgIpc) is 2.15. The molecule has 1 aliphatic heterocycles. The summed E-state index contributed by atoms with van der Waals surface area (Å²) in [5.41, 5.74) is 5.04. The fourth-order valence-electron chi connectivity index (χ4n) is 1.35. The summed E-state index contributed by atoms with van der Waals surface area (Å²) in [6.07, 6.45) is -0.351. The summed E-state index contributed by atoms with van der Waals surface area (Å²) in [5.74, 6) is 0. The van der Waals surface area contributed by atoms with Crippen molar-refractivity contribution in [2.24, 2.45) is 5.73 Å². The highest BCUT2D eigenvalue weighted by Gasteiger charge is 2.27. The molecule has 1 atom stereocenters. The fourth-order valence-corrected chi connectivity index (χ4v) is 1.35. The predicted molar refractivity (Wildman–Crippen MR) is 63.8 cm³/mol. The highest BCUT2D eigenvalue weighted by molar-refractivity contribution is 5.85. The van der Waals surface area contributed by atoms with Crippen LogP contribution in [0.1, 0.15) is 20.8 Å². The van der Waals surface area contributed by atoms with Gasteiger partial charge in [0, 0.05) is 13.1 Å². The summed E-state index contributed by atoms with van der Waals surface area (Å²) >= 11 is 0. The summed E-state index contributed by atoms with van der Waals surface area (Å²) in [6, 6.07) is 0. The van der Waals surface area contributed by atoms with Crippen molar-refractivity contribution in [2.75, 3.05) is 26.2 Å². The molecule has 96 valence electrons. The molecule has 0 aromatic heterocycles. The molecule has 0 bridgehead atoms. The molecule has 16 heavy (non-hydrogen) atoms. The maximum Gasteiger partial charge on any atom is 0.410 e. The van der Waals surface area contributed by atoms with Crippen LogP contribution in [0.5, 0.6) is 0 Å². The second-order valence-corrected chi connectivity index (χ2v) is 4.65. The zero-order valence-electron chi connectivity index (χ0n) is 10.1. The Balaban J connectivity index is 0.00000225. The molecule has 0 spiro atoms. The lowest BCUT2D eigenvalue weighted by Crippen LogP contribution is -2.49. The number of nitrogens with zero attached hydrogens (tertiary/aromatic N) is 1. The highest BCUT2D eigenvalue weighted by Crippen LogP contribution is 2.12. The maximum absolute atomic E-state index is 11.7. The summed E-state index contributed by atoms with van der Waals surface area (Å²) in [6.45, 7) is 7.61. The minimum absolute atomic E-state index is 0. The summed E-state index contributed by atoms with van der Waals surface area (Å²) in [7, 11) is 0. The number of rotatable bonds is 1. The van der Waals surface area contributed by atoms with Gasteiger partial charge in [-0.05, 0) is 20.8 Å². The number of carbonyl (C=O) groups is 1. The van der Waals surface area contributed by atoms with Gasteiger partial charge in [0.1, 0.15) is 5.60 Å². The van der Waals surface area contributed by atoms with Gasteiger partial charge in [0.15, 0.2) is 0 Å². The average molecular weight is 253 g/mol. The fraction of sp³-hybridized carbons (Fsp3) is 0.900. The van der Waals surface area contributed by atoms with Crippen LogP contribution in [0.3, 0.4) is 0 Å². The lowest BCUT2D eigenvalue weighted by atomic mass is 10.2.